The Morgan fingerprint density at radius 3 is 2.62 bits per heavy atom. The Morgan fingerprint density at radius 2 is 1.95 bits per heavy atom. The molecule has 3 aromatic rings. The number of carboxylic acids is 1. The van der Waals surface area contributed by atoms with Gasteiger partial charge >= 0.3 is 5.97 Å². The van der Waals surface area contributed by atoms with E-state index >= 15 is 0 Å². The number of anilines is 2. The van der Waals surface area contributed by atoms with Crippen LogP contribution in [-0.4, -0.2) is 79.6 Å². The molecule has 0 saturated carbocycles. The number of aromatic hydroxyl groups is 1. The number of nitrogens with zero attached hydrogens (tertiary/aromatic N) is 3. The number of fused-ring (bicyclic) bond motifs is 3. The summed E-state index contributed by atoms with van der Waals surface area (Å²) < 4.78 is 12.3. The van der Waals surface area contributed by atoms with Gasteiger partial charge < -0.3 is 39.4 Å². The van der Waals surface area contributed by atoms with Gasteiger partial charge in [-0.3, -0.25) is 4.79 Å². The van der Waals surface area contributed by atoms with Crippen LogP contribution in [0.4, 0.5) is 11.4 Å². The van der Waals surface area contributed by atoms with Gasteiger partial charge in [0.25, 0.3) is 5.56 Å². The lowest BCUT2D eigenvalue weighted by molar-refractivity contribution is 0.0690. The summed E-state index contributed by atoms with van der Waals surface area (Å²) in [5.41, 5.74) is 2.82. The van der Waals surface area contributed by atoms with Gasteiger partial charge in [0.05, 0.1) is 26.5 Å². The molecule has 206 valence electrons. The molecule has 1 saturated heterocycles. The maximum atomic E-state index is 13.7. The van der Waals surface area contributed by atoms with E-state index in [2.05, 4.69) is 35.3 Å². The molecular weight excluding hydrogens is 500 g/mol. The molecule has 0 aliphatic carbocycles. The van der Waals surface area contributed by atoms with Crippen molar-refractivity contribution >= 4 is 17.3 Å². The summed E-state index contributed by atoms with van der Waals surface area (Å²) in [5.74, 6) is -0.841. The lowest BCUT2D eigenvalue weighted by Gasteiger charge is -2.24. The van der Waals surface area contributed by atoms with E-state index in [0.717, 1.165) is 36.4 Å². The minimum atomic E-state index is -1.46. The molecule has 0 radical (unpaired) electrons. The first-order chi connectivity index (χ1) is 18.7. The van der Waals surface area contributed by atoms with Gasteiger partial charge in [0.2, 0.25) is 0 Å². The average molecular weight is 535 g/mol. The van der Waals surface area contributed by atoms with Crippen LogP contribution in [-0.2, 0) is 13.0 Å². The van der Waals surface area contributed by atoms with Gasteiger partial charge in [-0.1, -0.05) is 0 Å². The van der Waals surface area contributed by atoms with Crippen molar-refractivity contribution in [1.29, 1.82) is 0 Å². The van der Waals surface area contributed by atoms with Crippen molar-refractivity contribution in [2.24, 2.45) is 0 Å². The number of nitrogens with one attached hydrogen (secondary N) is 1. The molecule has 0 amide bonds. The number of benzene rings is 2. The fourth-order valence-corrected chi connectivity index (χ4v) is 5.61. The number of rotatable bonds is 7. The molecule has 1 atom stereocenters. The number of aromatic carboxylic acids is 1. The third-order valence-electron chi connectivity index (χ3n) is 7.78. The highest BCUT2D eigenvalue weighted by atomic mass is 16.5. The first-order valence-corrected chi connectivity index (χ1v) is 13.0. The Kier molecular flexibility index (Phi) is 7.14. The van der Waals surface area contributed by atoms with Gasteiger partial charge in [-0.25, -0.2) is 4.79 Å². The minimum Gasteiger partial charge on any atom is -0.506 e. The smallest absolute Gasteiger partial charge is 0.345 e. The van der Waals surface area contributed by atoms with E-state index in [4.69, 9.17) is 9.47 Å². The minimum absolute atomic E-state index is 0.0483. The summed E-state index contributed by atoms with van der Waals surface area (Å²) in [6.07, 6.45) is 1.42. The zero-order chi connectivity index (χ0) is 27.8. The summed E-state index contributed by atoms with van der Waals surface area (Å²) in [4.78, 5) is 30.3. The van der Waals surface area contributed by atoms with Crippen molar-refractivity contribution in [3.05, 3.63) is 63.4 Å². The number of hydrogen-bond donors (Lipinski definition) is 3. The molecule has 1 unspecified atom stereocenters. The number of likely N-dealkylation sites (N-methyl/N-ethyl adjacent to an activating group) is 1. The predicted octanol–water partition coefficient (Wildman–Crippen LogP) is 3.09. The van der Waals surface area contributed by atoms with Crippen LogP contribution in [0.1, 0.15) is 27.9 Å². The van der Waals surface area contributed by atoms with Gasteiger partial charge in [-0.05, 0) is 57.3 Å². The van der Waals surface area contributed by atoms with Gasteiger partial charge in [0, 0.05) is 59.8 Å². The summed E-state index contributed by atoms with van der Waals surface area (Å²) >= 11 is 0. The molecule has 10 nitrogen and oxygen atoms in total. The quantitative estimate of drug-likeness (QED) is 0.420. The van der Waals surface area contributed by atoms with Crippen molar-refractivity contribution in [3.63, 3.8) is 0 Å². The van der Waals surface area contributed by atoms with Crippen LogP contribution in [0.15, 0.2) is 41.2 Å². The fraction of sp³-hybridized carbons (Fsp3) is 0.379. The second kappa shape index (κ2) is 10.5. The maximum absolute atomic E-state index is 13.7. The molecular formula is C29H34N4O6. The number of carboxylic acid groups (broad SMARTS) is 1. The molecule has 2 aliphatic heterocycles. The van der Waals surface area contributed by atoms with Crippen LogP contribution in [0.3, 0.4) is 0 Å². The Hall–Kier alpha value is -4.18. The summed E-state index contributed by atoms with van der Waals surface area (Å²) in [6, 6.07) is 11.8. The Labute approximate surface area is 227 Å². The second-order valence-electron chi connectivity index (χ2n) is 10.2. The number of aromatic nitrogens is 1. The Morgan fingerprint density at radius 1 is 1.15 bits per heavy atom. The van der Waals surface area contributed by atoms with Crippen LogP contribution in [0.5, 0.6) is 17.2 Å². The molecule has 1 fully saturated rings. The molecule has 2 aromatic carbocycles. The van der Waals surface area contributed by atoms with Crippen molar-refractivity contribution in [1.82, 2.24) is 9.47 Å². The highest BCUT2D eigenvalue weighted by Crippen LogP contribution is 2.40. The number of methoxy groups -OCH3 is 2. The summed E-state index contributed by atoms with van der Waals surface area (Å²) in [7, 11) is 7.27. The van der Waals surface area contributed by atoms with Crippen LogP contribution < -0.4 is 25.2 Å². The zero-order valence-corrected chi connectivity index (χ0v) is 22.7. The van der Waals surface area contributed by atoms with Crippen molar-refractivity contribution in [2.75, 3.05) is 58.2 Å². The highest BCUT2D eigenvalue weighted by Gasteiger charge is 2.30. The molecule has 0 bridgehead atoms. The maximum Gasteiger partial charge on any atom is 0.345 e. The molecule has 5 rings (SSSR count). The van der Waals surface area contributed by atoms with E-state index in [1.807, 2.05) is 12.1 Å². The van der Waals surface area contributed by atoms with Crippen molar-refractivity contribution in [2.45, 2.75) is 25.4 Å². The lowest BCUT2D eigenvalue weighted by Crippen LogP contribution is -2.31. The monoisotopic (exact) mass is 534 g/mol. The number of hydrogen-bond acceptors (Lipinski definition) is 8. The third kappa shape index (κ3) is 4.76. The summed E-state index contributed by atoms with van der Waals surface area (Å²) in [5, 5.41) is 24.3. The molecule has 10 heteroatoms. The molecule has 39 heavy (non-hydrogen) atoms. The van der Waals surface area contributed by atoms with Crippen LogP contribution in [0.25, 0.3) is 11.3 Å². The first-order valence-electron chi connectivity index (χ1n) is 13.0. The standard InChI is InChI=1S/C29H34N4O6/c1-31(2)19-10-12-32(16-19)18-6-8-21-23(13-18)30-11-9-22-26(21)33(28(35)25(27(22)34)29(36)37)15-17-5-7-20(38-3)14-24(17)39-4/h5-8,13-14,19,30,34H,9-12,15-16H2,1-4H3,(H,36,37). The number of pyridine rings is 1. The average Bonchev–Trinajstić information content (AvgIpc) is 3.34. The van der Waals surface area contributed by atoms with E-state index in [9.17, 15) is 19.8 Å². The Balaban J connectivity index is 1.67. The van der Waals surface area contributed by atoms with E-state index in [1.54, 1.807) is 25.3 Å². The molecule has 2 aliphatic rings. The van der Waals surface area contributed by atoms with Gasteiger partial charge in [-0.15, -0.1) is 0 Å². The third-order valence-corrected chi connectivity index (χ3v) is 7.78. The predicted molar refractivity (Wildman–Crippen MR) is 150 cm³/mol. The van der Waals surface area contributed by atoms with Crippen LogP contribution >= 0.6 is 0 Å². The van der Waals surface area contributed by atoms with E-state index in [1.165, 1.54) is 11.7 Å². The topological polar surface area (TPSA) is 116 Å². The van der Waals surface area contributed by atoms with Crippen LogP contribution in [0, 0.1) is 0 Å². The van der Waals surface area contributed by atoms with Crippen molar-refractivity contribution in [3.8, 4) is 28.5 Å². The number of ether oxygens (including phenoxy) is 2. The summed E-state index contributed by atoms with van der Waals surface area (Å²) in [6.45, 7) is 2.39. The van der Waals surface area contributed by atoms with Gasteiger partial charge in [0.1, 0.15) is 17.2 Å². The van der Waals surface area contributed by atoms with E-state index in [-0.39, 0.29) is 6.54 Å². The molecule has 1 aromatic heterocycles. The number of carbonyl (C=O) groups is 1. The molecule has 0 spiro atoms. The Bertz CT molecular complexity index is 1480. The van der Waals surface area contributed by atoms with E-state index < -0.39 is 22.8 Å². The molecule has 3 heterocycles. The second-order valence-corrected chi connectivity index (χ2v) is 10.2. The van der Waals surface area contributed by atoms with Crippen LogP contribution in [0.2, 0.25) is 0 Å². The highest BCUT2D eigenvalue weighted by molar-refractivity contribution is 5.93. The largest absolute Gasteiger partial charge is 0.506 e. The van der Waals surface area contributed by atoms with Gasteiger partial charge in [0.15, 0.2) is 5.56 Å². The van der Waals surface area contributed by atoms with E-state index in [0.29, 0.717) is 47.3 Å². The SMILES string of the molecule is COc1ccc(Cn2c3c(c(O)c(C(=O)O)c2=O)CCNc2cc(N4CCC(N(C)C)C4)ccc2-3)c(OC)c1. The van der Waals surface area contributed by atoms with Crippen molar-refractivity contribution < 1.29 is 24.5 Å². The molecule has 3 N–H and O–H groups in total. The van der Waals surface area contributed by atoms with Gasteiger partial charge in [-0.2, -0.15) is 0 Å². The fourth-order valence-electron chi connectivity index (χ4n) is 5.61. The zero-order valence-electron chi connectivity index (χ0n) is 22.7. The lowest BCUT2D eigenvalue weighted by atomic mass is 9.98. The first kappa shape index (κ1) is 26.4. The normalized spacial score (nSPS) is 16.3.